The monoisotopic (exact) mass is 292 g/mol. The van der Waals surface area contributed by atoms with Crippen LogP contribution in [0.25, 0.3) is 0 Å². The molecule has 1 aromatic rings. The Labute approximate surface area is 123 Å². The minimum Gasteiger partial charge on any atom is -0.478 e. The van der Waals surface area contributed by atoms with E-state index in [4.69, 9.17) is 4.74 Å². The third-order valence-electron chi connectivity index (χ3n) is 3.82. The molecule has 2 unspecified atom stereocenters. The van der Waals surface area contributed by atoms with Crippen molar-refractivity contribution in [2.45, 2.75) is 19.4 Å². The van der Waals surface area contributed by atoms with Crippen LogP contribution >= 0.6 is 0 Å². The van der Waals surface area contributed by atoms with E-state index in [0.717, 1.165) is 13.0 Å². The second-order valence-electron chi connectivity index (χ2n) is 5.24. The number of aromatic carboxylic acids is 1. The van der Waals surface area contributed by atoms with E-state index in [2.05, 4.69) is 5.32 Å². The summed E-state index contributed by atoms with van der Waals surface area (Å²) in [6.45, 7) is 3.31. The van der Waals surface area contributed by atoms with E-state index in [1.807, 2.05) is 6.92 Å². The SMILES string of the molecule is CC(NC(=O)N(C)c1ccccc1C(=O)O)C1CCOC1. The highest BCUT2D eigenvalue weighted by atomic mass is 16.5. The molecule has 114 valence electrons. The lowest BCUT2D eigenvalue weighted by Crippen LogP contribution is -2.45. The molecule has 0 spiro atoms. The predicted octanol–water partition coefficient (Wildman–Crippen LogP) is 1.96. The number of hydrogen-bond acceptors (Lipinski definition) is 3. The van der Waals surface area contributed by atoms with E-state index in [-0.39, 0.29) is 17.6 Å². The molecule has 0 aliphatic carbocycles. The van der Waals surface area contributed by atoms with Crippen molar-refractivity contribution in [1.29, 1.82) is 0 Å². The maximum Gasteiger partial charge on any atom is 0.337 e. The lowest BCUT2D eigenvalue weighted by molar-refractivity contribution is 0.0697. The van der Waals surface area contributed by atoms with E-state index >= 15 is 0 Å². The van der Waals surface area contributed by atoms with Crippen LogP contribution in [0.4, 0.5) is 10.5 Å². The lowest BCUT2D eigenvalue weighted by Gasteiger charge is -2.25. The highest BCUT2D eigenvalue weighted by Crippen LogP contribution is 2.20. The van der Waals surface area contributed by atoms with E-state index in [0.29, 0.717) is 18.2 Å². The molecule has 0 bridgehead atoms. The van der Waals surface area contributed by atoms with E-state index in [9.17, 15) is 14.7 Å². The molecular weight excluding hydrogens is 272 g/mol. The molecule has 2 amide bonds. The van der Waals surface area contributed by atoms with Crippen molar-refractivity contribution in [2.24, 2.45) is 5.92 Å². The highest BCUT2D eigenvalue weighted by molar-refractivity contribution is 6.01. The molecule has 1 aliphatic heterocycles. The fraction of sp³-hybridized carbons (Fsp3) is 0.467. The van der Waals surface area contributed by atoms with Gasteiger partial charge in [0.15, 0.2) is 0 Å². The Hall–Kier alpha value is -2.08. The summed E-state index contributed by atoms with van der Waals surface area (Å²) in [5.41, 5.74) is 0.476. The largest absolute Gasteiger partial charge is 0.478 e. The Morgan fingerprint density at radius 1 is 1.43 bits per heavy atom. The molecule has 1 aromatic carbocycles. The van der Waals surface area contributed by atoms with Gasteiger partial charge in [-0.3, -0.25) is 4.90 Å². The van der Waals surface area contributed by atoms with Crippen LogP contribution in [0.3, 0.4) is 0 Å². The van der Waals surface area contributed by atoms with Crippen molar-refractivity contribution < 1.29 is 19.4 Å². The van der Waals surface area contributed by atoms with Gasteiger partial charge < -0.3 is 15.2 Å². The number of urea groups is 1. The van der Waals surface area contributed by atoms with Crippen molar-refractivity contribution in [3.8, 4) is 0 Å². The van der Waals surface area contributed by atoms with Gasteiger partial charge in [-0.15, -0.1) is 0 Å². The van der Waals surface area contributed by atoms with Crippen molar-refractivity contribution in [1.82, 2.24) is 5.32 Å². The van der Waals surface area contributed by atoms with Gasteiger partial charge in [0.05, 0.1) is 17.9 Å². The Balaban J connectivity index is 2.07. The molecule has 2 atom stereocenters. The number of ether oxygens (including phenoxy) is 1. The van der Waals surface area contributed by atoms with Gasteiger partial charge in [0.1, 0.15) is 0 Å². The van der Waals surface area contributed by atoms with Crippen LogP contribution < -0.4 is 10.2 Å². The second kappa shape index (κ2) is 6.58. The zero-order chi connectivity index (χ0) is 15.4. The fourth-order valence-electron chi connectivity index (χ4n) is 2.41. The van der Waals surface area contributed by atoms with Gasteiger partial charge in [-0.05, 0) is 25.5 Å². The van der Waals surface area contributed by atoms with E-state index < -0.39 is 5.97 Å². The summed E-state index contributed by atoms with van der Waals surface area (Å²) >= 11 is 0. The van der Waals surface area contributed by atoms with Gasteiger partial charge in [-0.2, -0.15) is 0 Å². The third-order valence-corrected chi connectivity index (χ3v) is 3.82. The summed E-state index contributed by atoms with van der Waals surface area (Å²) in [6, 6.07) is 6.11. The Kier molecular flexibility index (Phi) is 4.80. The average Bonchev–Trinajstić information content (AvgIpc) is 3.00. The first kappa shape index (κ1) is 15.3. The number of carboxylic acids is 1. The highest BCUT2D eigenvalue weighted by Gasteiger charge is 2.25. The zero-order valence-electron chi connectivity index (χ0n) is 12.2. The van der Waals surface area contributed by atoms with Crippen molar-refractivity contribution in [2.75, 3.05) is 25.2 Å². The standard InChI is InChI=1S/C15H20N2O4/c1-10(11-7-8-21-9-11)16-15(20)17(2)13-6-4-3-5-12(13)14(18)19/h3-6,10-11H,7-9H2,1-2H3,(H,16,20)(H,18,19). The van der Waals surface area contributed by atoms with Gasteiger partial charge in [-0.25, -0.2) is 9.59 Å². The summed E-state index contributed by atoms with van der Waals surface area (Å²) in [7, 11) is 1.56. The first-order valence-corrected chi connectivity index (χ1v) is 6.95. The minimum atomic E-state index is -1.05. The molecule has 1 fully saturated rings. The topological polar surface area (TPSA) is 78.9 Å². The maximum atomic E-state index is 12.3. The molecule has 2 rings (SSSR count). The number of hydrogen-bond donors (Lipinski definition) is 2. The summed E-state index contributed by atoms with van der Waals surface area (Å²) in [5.74, 6) is -0.750. The van der Waals surface area contributed by atoms with Crippen LogP contribution in [0.2, 0.25) is 0 Å². The van der Waals surface area contributed by atoms with Gasteiger partial charge in [-0.1, -0.05) is 12.1 Å². The van der Waals surface area contributed by atoms with Crippen molar-refractivity contribution >= 4 is 17.7 Å². The molecule has 2 N–H and O–H groups in total. The van der Waals surface area contributed by atoms with Crippen molar-refractivity contribution in [3.05, 3.63) is 29.8 Å². The van der Waals surface area contributed by atoms with Crippen LogP contribution in [0.1, 0.15) is 23.7 Å². The van der Waals surface area contributed by atoms with Crippen molar-refractivity contribution in [3.63, 3.8) is 0 Å². The third kappa shape index (κ3) is 3.52. The molecule has 0 aromatic heterocycles. The first-order valence-electron chi connectivity index (χ1n) is 6.95. The molecule has 0 radical (unpaired) electrons. The van der Waals surface area contributed by atoms with E-state index in [1.54, 1.807) is 25.2 Å². The number of carboxylic acid groups (broad SMARTS) is 1. The molecule has 0 saturated carbocycles. The number of nitrogens with zero attached hydrogens (tertiary/aromatic N) is 1. The number of rotatable bonds is 4. The Morgan fingerprint density at radius 3 is 2.76 bits per heavy atom. The summed E-state index contributed by atoms with van der Waals surface area (Å²) in [4.78, 5) is 24.8. The van der Waals surface area contributed by atoms with Gasteiger partial charge >= 0.3 is 12.0 Å². The molecule has 6 heteroatoms. The van der Waals surface area contributed by atoms with Crippen LogP contribution in [0, 0.1) is 5.92 Å². The number of para-hydroxylation sites is 1. The zero-order valence-corrected chi connectivity index (χ0v) is 12.2. The molecule has 1 saturated heterocycles. The van der Waals surface area contributed by atoms with Crippen LogP contribution in [0.15, 0.2) is 24.3 Å². The van der Waals surface area contributed by atoms with Crippen LogP contribution in [-0.4, -0.2) is 43.4 Å². The molecule has 21 heavy (non-hydrogen) atoms. The van der Waals surface area contributed by atoms with Crippen LogP contribution in [0.5, 0.6) is 0 Å². The number of carbonyl (C=O) groups excluding carboxylic acids is 1. The predicted molar refractivity (Wildman–Crippen MR) is 78.7 cm³/mol. The number of carbonyl (C=O) groups is 2. The number of benzene rings is 1. The van der Waals surface area contributed by atoms with Gasteiger partial charge in [0.2, 0.25) is 0 Å². The maximum absolute atomic E-state index is 12.3. The Morgan fingerprint density at radius 2 is 2.14 bits per heavy atom. The lowest BCUT2D eigenvalue weighted by atomic mass is 10.0. The number of anilines is 1. The minimum absolute atomic E-state index is 0.0144. The quantitative estimate of drug-likeness (QED) is 0.889. The Bertz CT molecular complexity index is 526. The molecule has 1 aliphatic rings. The summed E-state index contributed by atoms with van der Waals surface area (Å²) in [5, 5.41) is 12.1. The smallest absolute Gasteiger partial charge is 0.337 e. The molecule has 6 nitrogen and oxygen atoms in total. The van der Waals surface area contributed by atoms with E-state index in [1.165, 1.54) is 11.0 Å². The van der Waals surface area contributed by atoms with Crippen LogP contribution in [-0.2, 0) is 4.74 Å². The first-order chi connectivity index (χ1) is 10.0. The van der Waals surface area contributed by atoms with Gasteiger partial charge in [0, 0.05) is 25.6 Å². The molecule has 1 heterocycles. The normalized spacial score (nSPS) is 19.0. The number of amides is 2. The summed E-state index contributed by atoms with van der Waals surface area (Å²) in [6.07, 6.45) is 0.927. The molecular formula is C15H20N2O4. The van der Waals surface area contributed by atoms with Gasteiger partial charge in [0.25, 0.3) is 0 Å². The second-order valence-corrected chi connectivity index (χ2v) is 5.24. The fourth-order valence-corrected chi connectivity index (χ4v) is 2.41. The summed E-state index contributed by atoms with van der Waals surface area (Å²) < 4.78 is 5.31. The average molecular weight is 292 g/mol. The number of nitrogens with one attached hydrogen (secondary N) is 1.